The summed E-state index contributed by atoms with van der Waals surface area (Å²) in [6.07, 6.45) is 2.88. The second kappa shape index (κ2) is 8.34. The van der Waals surface area contributed by atoms with Crippen molar-refractivity contribution in [1.29, 1.82) is 0 Å². The van der Waals surface area contributed by atoms with E-state index < -0.39 is 0 Å². The predicted molar refractivity (Wildman–Crippen MR) is 98.9 cm³/mol. The number of piperidine rings is 1. The van der Waals surface area contributed by atoms with Crippen LogP contribution in [-0.4, -0.2) is 48.7 Å². The summed E-state index contributed by atoms with van der Waals surface area (Å²) < 4.78 is 5.35. The fraction of sp³-hybridized carbons (Fsp3) is 0.579. The number of nitrogens with one attached hydrogen (secondary N) is 2. The van der Waals surface area contributed by atoms with E-state index in [1.807, 2.05) is 20.8 Å². The van der Waals surface area contributed by atoms with E-state index in [1.54, 1.807) is 36.3 Å². The van der Waals surface area contributed by atoms with Crippen molar-refractivity contribution >= 4 is 17.6 Å². The Morgan fingerprint density at radius 3 is 2.56 bits per heavy atom. The van der Waals surface area contributed by atoms with Crippen LogP contribution in [0.1, 0.15) is 50.4 Å². The highest BCUT2D eigenvalue weighted by molar-refractivity contribution is 5.96. The number of anilines is 1. The fourth-order valence-electron chi connectivity index (χ4n) is 2.69. The zero-order valence-corrected chi connectivity index (χ0v) is 15.6. The van der Waals surface area contributed by atoms with E-state index in [0.29, 0.717) is 17.8 Å². The first-order chi connectivity index (χ1) is 11.8. The molecule has 1 aromatic rings. The van der Waals surface area contributed by atoms with Crippen molar-refractivity contribution < 1.29 is 14.3 Å². The molecule has 0 unspecified atom stereocenters. The van der Waals surface area contributed by atoms with Crippen molar-refractivity contribution in [3.05, 3.63) is 29.8 Å². The lowest BCUT2D eigenvalue weighted by Crippen LogP contribution is -2.44. The van der Waals surface area contributed by atoms with E-state index >= 15 is 0 Å². The molecule has 0 spiro atoms. The number of hydrogen-bond acceptors (Lipinski definition) is 3. The van der Waals surface area contributed by atoms with Crippen LogP contribution in [0.3, 0.4) is 0 Å². The van der Waals surface area contributed by atoms with E-state index in [-0.39, 0.29) is 23.6 Å². The molecule has 0 radical (unpaired) electrons. The Bertz CT molecular complexity index is 598. The van der Waals surface area contributed by atoms with E-state index in [0.717, 1.165) is 25.8 Å². The molecule has 3 amide bonds. The van der Waals surface area contributed by atoms with Crippen molar-refractivity contribution in [2.45, 2.75) is 51.7 Å². The van der Waals surface area contributed by atoms with Crippen molar-refractivity contribution in [1.82, 2.24) is 10.2 Å². The molecule has 0 aromatic heterocycles. The molecule has 0 aliphatic carbocycles. The van der Waals surface area contributed by atoms with Crippen LogP contribution in [0.25, 0.3) is 0 Å². The maximum absolute atomic E-state index is 12.4. The smallest absolute Gasteiger partial charge is 0.321 e. The molecule has 0 bridgehead atoms. The molecule has 1 saturated heterocycles. The number of nitrogens with zero attached hydrogens (tertiary/aromatic N) is 1. The highest BCUT2D eigenvalue weighted by Crippen LogP contribution is 2.16. The number of carbonyl (C=O) groups is 2. The quantitative estimate of drug-likeness (QED) is 0.859. The molecule has 6 nitrogen and oxygen atoms in total. The number of ether oxygens (including phenoxy) is 1. The van der Waals surface area contributed by atoms with Gasteiger partial charge in [0.25, 0.3) is 5.91 Å². The van der Waals surface area contributed by atoms with Gasteiger partial charge in [0, 0.05) is 37.0 Å². The van der Waals surface area contributed by atoms with Crippen molar-refractivity contribution in [3.8, 4) is 0 Å². The minimum absolute atomic E-state index is 0.104. The number of methoxy groups -OCH3 is 1. The summed E-state index contributed by atoms with van der Waals surface area (Å²) in [5.41, 5.74) is 1.02. The number of urea groups is 1. The lowest BCUT2D eigenvalue weighted by molar-refractivity contribution is 0.0458. The zero-order valence-electron chi connectivity index (χ0n) is 15.6. The van der Waals surface area contributed by atoms with Crippen LogP contribution in [-0.2, 0) is 4.74 Å². The third kappa shape index (κ3) is 5.46. The van der Waals surface area contributed by atoms with Crippen LogP contribution < -0.4 is 10.6 Å². The average molecular weight is 347 g/mol. The van der Waals surface area contributed by atoms with Gasteiger partial charge in [-0.25, -0.2) is 4.79 Å². The van der Waals surface area contributed by atoms with Crippen LogP contribution in [0.4, 0.5) is 10.5 Å². The minimum atomic E-state index is -0.240. The first-order valence-electron chi connectivity index (χ1n) is 8.86. The van der Waals surface area contributed by atoms with Crippen molar-refractivity contribution in [2.75, 3.05) is 25.5 Å². The maximum Gasteiger partial charge on any atom is 0.321 e. The summed E-state index contributed by atoms with van der Waals surface area (Å²) in [6, 6.07) is 6.83. The Balaban J connectivity index is 1.93. The molecular weight excluding hydrogens is 318 g/mol. The molecule has 1 atom stereocenters. The Labute approximate surface area is 149 Å². The zero-order chi connectivity index (χ0) is 18.4. The van der Waals surface area contributed by atoms with Crippen LogP contribution in [0, 0.1) is 0 Å². The summed E-state index contributed by atoms with van der Waals surface area (Å²) in [6.45, 7) is 7.36. The number of likely N-dealkylation sites (tertiary alicyclic amines) is 1. The van der Waals surface area contributed by atoms with Gasteiger partial charge in [-0.3, -0.25) is 4.79 Å². The molecule has 2 rings (SSSR count). The van der Waals surface area contributed by atoms with E-state index in [2.05, 4.69) is 10.6 Å². The highest BCUT2D eigenvalue weighted by Gasteiger charge is 2.23. The van der Waals surface area contributed by atoms with Gasteiger partial charge >= 0.3 is 6.03 Å². The van der Waals surface area contributed by atoms with Gasteiger partial charge in [0.1, 0.15) is 0 Å². The molecule has 6 heteroatoms. The molecule has 1 heterocycles. The SMILES string of the molecule is CCC(C)(C)NC(=O)c1ccc(NC(=O)N2CCC[C@@H](OC)C2)cc1. The van der Waals surface area contributed by atoms with Gasteiger partial charge in [-0.1, -0.05) is 6.92 Å². The molecule has 2 N–H and O–H groups in total. The number of carbonyl (C=O) groups excluding carboxylic acids is 2. The average Bonchev–Trinajstić information content (AvgIpc) is 2.62. The topological polar surface area (TPSA) is 70.7 Å². The number of hydrogen-bond donors (Lipinski definition) is 2. The standard InChI is InChI=1S/C19H29N3O3/c1-5-19(2,3)21-17(23)14-8-10-15(11-9-14)20-18(24)22-12-6-7-16(13-22)25-4/h8-11,16H,5-7,12-13H2,1-4H3,(H,20,24)(H,21,23)/t16-/m1/s1. The third-order valence-electron chi connectivity index (χ3n) is 4.73. The Morgan fingerprint density at radius 2 is 1.96 bits per heavy atom. The number of rotatable bonds is 5. The molecule has 0 saturated carbocycles. The summed E-state index contributed by atoms with van der Waals surface area (Å²) in [5.74, 6) is -0.108. The van der Waals surface area contributed by atoms with Gasteiger partial charge in [-0.2, -0.15) is 0 Å². The monoisotopic (exact) mass is 347 g/mol. The molecule has 1 fully saturated rings. The van der Waals surface area contributed by atoms with Crippen LogP contribution in [0.15, 0.2) is 24.3 Å². The predicted octanol–water partition coefficient (Wildman–Crippen LogP) is 3.25. The molecule has 1 aromatic carbocycles. The van der Waals surface area contributed by atoms with Crippen LogP contribution in [0.5, 0.6) is 0 Å². The van der Waals surface area contributed by atoms with Gasteiger partial charge < -0.3 is 20.3 Å². The van der Waals surface area contributed by atoms with Gasteiger partial charge in [0.05, 0.1) is 6.10 Å². The van der Waals surface area contributed by atoms with E-state index in [4.69, 9.17) is 4.74 Å². The Morgan fingerprint density at radius 1 is 1.28 bits per heavy atom. The van der Waals surface area contributed by atoms with Crippen LogP contribution >= 0.6 is 0 Å². The Kier molecular flexibility index (Phi) is 6.42. The first-order valence-corrected chi connectivity index (χ1v) is 8.86. The second-order valence-corrected chi connectivity index (χ2v) is 7.15. The summed E-state index contributed by atoms with van der Waals surface area (Å²) in [7, 11) is 1.68. The number of benzene rings is 1. The summed E-state index contributed by atoms with van der Waals surface area (Å²) in [5, 5.41) is 5.88. The molecular formula is C19H29N3O3. The second-order valence-electron chi connectivity index (χ2n) is 7.15. The molecule has 1 aliphatic heterocycles. The van der Waals surface area contributed by atoms with Gasteiger partial charge in [0.2, 0.25) is 0 Å². The summed E-state index contributed by atoms with van der Waals surface area (Å²) in [4.78, 5) is 26.4. The lowest BCUT2D eigenvalue weighted by atomic mass is 10.0. The van der Waals surface area contributed by atoms with Crippen molar-refractivity contribution in [3.63, 3.8) is 0 Å². The normalized spacial score (nSPS) is 17.9. The largest absolute Gasteiger partial charge is 0.380 e. The van der Waals surface area contributed by atoms with Crippen molar-refractivity contribution in [2.24, 2.45) is 0 Å². The number of amides is 3. The first kappa shape index (κ1) is 19.2. The maximum atomic E-state index is 12.4. The van der Waals surface area contributed by atoms with Gasteiger partial charge in [0.15, 0.2) is 0 Å². The third-order valence-corrected chi connectivity index (χ3v) is 4.73. The van der Waals surface area contributed by atoms with E-state index in [9.17, 15) is 9.59 Å². The lowest BCUT2D eigenvalue weighted by Gasteiger charge is -2.31. The fourth-order valence-corrected chi connectivity index (χ4v) is 2.69. The minimum Gasteiger partial charge on any atom is -0.380 e. The molecule has 25 heavy (non-hydrogen) atoms. The Hall–Kier alpha value is -2.08. The van der Waals surface area contributed by atoms with Gasteiger partial charge in [-0.15, -0.1) is 0 Å². The van der Waals surface area contributed by atoms with E-state index in [1.165, 1.54) is 0 Å². The molecule has 138 valence electrons. The van der Waals surface area contributed by atoms with Gasteiger partial charge in [-0.05, 0) is 57.4 Å². The highest BCUT2D eigenvalue weighted by atomic mass is 16.5. The molecule has 1 aliphatic rings. The summed E-state index contributed by atoms with van der Waals surface area (Å²) >= 11 is 0. The van der Waals surface area contributed by atoms with Crippen LogP contribution in [0.2, 0.25) is 0 Å².